The quantitative estimate of drug-likeness (QED) is 0.665. The van der Waals surface area contributed by atoms with Gasteiger partial charge in [0, 0.05) is 12.4 Å². The lowest BCUT2D eigenvalue weighted by Crippen LogP contribution is -2.59. The first kappa shape index (κ1) is 14.4. The highest BCUT2D eigenvalue weighted by Gasteiger charge is 2.43. The molecule has 1 aliphatic carbocycles. The van der Waals surface area contributed by atoms with Crippen LogP contribution in [0.1, 0.15) is 38.4 Å². The Kier molecular flexibility index (Phi) is 4.26. The van der Waals surface area contributed by atoms with Gasteiger partial charge in [-0.1, -0.05) is 19.8 Å². The number of carbonyl (C=O) groups is 2. The first-order valence-electron chi connectivity index (χ1n) is 6.79. The summed E-state index contributed by atoms with van der Waals surface area (Å²) in [5, 5.41) is 14.7. The Morgan fingerprint density at radius 3 is 3.00 bits per heavy atom. The molecule has 2 rings (SSSR count). The minimum atomic E-state index is -1.15. The van der Waals surface area contributed by atoms with Gasteiger partial charge in [0.05, 0.1) is 6.54 Å². The van der Waals surface area contributed by atoms with Crippen LogP contribution in [0.25, 0.3) is 0 Å². The lowest BCUT2D eigenvalue weighted by molar-refractivity contribution is -0.146. The van der Waals surface area contributed by atoms with Crippen LogP contribution in [0.5, 0.6) is 0 Å². The van der Waals surface area contributed by atoms with Crippen LogP contribution in [0.2, 0.25) is 0 Å². The molecule has 4 N–H and O–H groups in total. The number of amides is 2. The Morgan fingerprint density at radius 1 is 1.60 bits per heavy atom. The Morgan fingerprint density at radius 2 is 2.40 bits per heavy atom. The van der Waals surface area contributed by atoms with Crippen molar-refractivity contribution >= 4 is 12.0 Å². The fourth-order valence-corrected chi connectivity index (χ4v) is 2.73. The van der Waals surface area contributed by atoms with Crippen molar-refractivity contribution in [1.29, 1.82) is 0 Å². The minimum Gasteiger partial charge on any atom is -0.480 e. The van der Waals surface area contributed by atoms with Crippen LogP contribution in [-0.4, -0.2) is 32.6 Å². The van der Waals surface area contributed by atoms with E-state index in [-0.39, 0.29) is 6.54 Å². The predicted octanol–water partition coefficient (Wildman–Crippen LogP) is 1.24. The molecule has 1 fully saturated rings. The van der Waals surface area contributed by atoms with Gasteiger partial charge in [-0.3, -0.25) is 0 Å². The Bertz CT molecular complexity index is 474. The number of nitrogens with one attached hydrogen (secondary N) is 3. The molecule has 2 atom stereocenters. The van der Waals surface area contributed by atoms with Gasteiger partial charge in [0.25, 0.3) is 0 Å². The standard InChI is InChI=1S/C13H20N4O3/c1-9-3-2-4-13(7-9,11(18)19)17-12(20)16-8-10-14-5-6-15-10/h5-6,9H,2-4,7-8H2,1H3,(H,14,15)(H,18,19)(H2,16,17,20). The van der Waals surface area contributed by atoms with E-state index >= 15 is 0 Å². The van der Waals surface area contributed by atoms with Crippen LogP contribution in [0.4, 0.5) is 4.79 Å². The molecule has 20 heavy (non-hydrogen) atoms. The van der Waals surface area contributed by atoms with Gasteiger partial charge in [0.15, 0.2) is 0 Å². The first-order chi connectivity index (χ1) is 9.52. The molecule has 2 amide bonds. The van der Waals surface area contributed by atoms with Gasteiger partial charge < -0.3 is 20.7 Å². The number of nitrogens with zero attached hydrogens (tertiary/aromatic N) is 1. The third kappa shape index (κ3) is 3.28. The molecule has 0 spiro atoms. The van der Waals surface area contributed by atoms with Gasteiger partial charge in [0.2, 0.25) is 0 Å². The summed E-state index contributed by atoms with van der Waals surface area (Å²) in [5.41, 5.74) is -1.15. The summed E-state index contributed by atoms with van der Waals surface area (Å²) >= 11 is 0. The highest BCUT2D eigenvalue weighted by Crippen LogP contribution is 2.32. The molecule has 110 valence electrons. The highest BCUT2D eigenvalue weighted by atomic mass is 16.4. The Balaban J connectivity index is 1.94. The molecule has 0 aliphatic heterocycles. The second-order valence-electron chi connectivity index (χ2n) is 5.43. The Labute approximate surface area is 117 Å². The molecule has 1 aliphatic rings. The first-order valence-corrected chi connectivity index (χ1v) is 6.79. The van der Waals surface area contributed by atoms with Gasteiger partial charge in [-0.25, -0.2) is 14.6 Å². The van der Waals surface area contributed by atoms with E-state index in [0.29, 0.717) is 24.6 Å². The molecular formula is C13H20N4O3. The van der Waals surface area contributed by atoms with E-state index in [4.69, 9.17) is 0 Å². The number of imidazole rings is 1. The van der Waals surface area contributed by atoms with Crippen molar-refractivity contribution < 1.29 is 14.7 Å². The second kappa shape index (κ2) is 5.94. The molecule has 0 bridgehead atoms. The molecule has 0 saturated heterocycles. The summed E-state index contributed by atoms with van der Waals surface area (Å²) in [6.45, 7) is 2.25. The molecule has 1 aromatic rings. The third-order valence-corrected chi connectivity index (χ3v) is 3.73. The maximum atomic E-state index is 11.9. The number of aromatic amines is 1. The molecule has 2 unspecified atom stereocenters. The van der Waals surface area contributed by atoms with Crippen LogP contribution < -0.4 is 10.6 Å². The number of aliphatic carboxylic acids is 1. The fraction of sp³-hybridized carbons (Fsp3) is 0.615. The SMILES string of the molecule is CC1CCCC(NC(=O)NCc2ncc[nH]2)(C(=O)O)C1. The van der Waals surface area contributed by atoms with Crippen molar-refractivity contribution in [2.45, 2.75) is 44.7 Å². The summed E-state index contributed by atoms with van der Waals surface area (Å²) in [5.74, 6) is -0.0380. The van der Waals surface area contributed by atoms with Crippen molar-refractivity contribution in [2.24, 2.45) is 5.92 Å². The average molecular weight is 280 g/mol. The lowest BCUT2D eigenvalue weighted by Gasteiger charge is -2.36. The predicted molar refractivity (Wildman–Crippen MR) is 72.0 cm³/mol. The number of carboxylic acid groups (broad SMARTS) is 1. The number of hydrogen-bond acceptors (Lipinski definition) is 3. The highest BCUT2D eigenvalue weighted by molar-refractivity contribution is 5.86. The number of aromatic nitrogens is 2. The third-order valence-electron chi connectivity index (χ3n) is 3.73. The van der Waals surface area contributed by atoms with E-state index in [1.165, 1.54) is 0 Å². The maximum Gasteiger partial charge on any atom is 0.329 e. The monoisotopic (exact) mass is 280 g/mol. The van der Waals surface area contributed by atoms with Gasteiger partial charge in [-0.2, -0.15) is 0 Å². The lowest BCUT2D eigenvalue weighted by atomic mass is 9.76. The zero-order valence-electron chi connectivity index (χ0n) is 11.5. The molecule has 1 aromatic heterocycles. The van der Waals surface area contributed by atoms with Crippen LogP contribution in [0.15, 0.2) is 12.4 Å². The number of H-pyrrole nitrogens is 1. The van der Waals surface area contributed by atoms with E-state index in [9.17, 15) is 14.7 Å². The minimum absolute atomic E-state index is 0.240. The van der Waals surface area contributed by atoms with Gasteiger partial charge in [-0.05, 0) is 18.8 Å². The second-order valence-corrected chi connectivity index (χ2v) is 5.43. The van der Waals surface area contributed by atoms with Crippen molar-refractivity contribution in [2.75, 3.05) is 0 Å². The number of rotatable bonds is 4. The largest absolute Gasteiger partial charge is 0.480 e. The zero-order chi connectivity index (χ0) is 14.6. The van der Waals surface area contributed by atoms with E-state index in [0.717, 1.165) is 12.8 Å². The Hall–Kier alpha value is -2.05. The topological polar surface area (TPSA) is 107 Å². The summed E-state index contributed by atoms with van der Waals surface area (Å²) < 4.78 is 0. The van der Waals surface area contributed by atoms with Crippen LogP contribution in [-0.2, 0) is 11.3 Å². The van der Waals surface area contributed by atoms with Crippen LogP contribution in [0, 0.1) is 5.92 Å². The van der Waals surface area contributed by atoms with E-state index < -0.39 is 17.5 Å². The van der Waals surface area contributed by atoms with E-state index in [1.807, 2.05) is 6.92 Å². The molecule has 7 heteroatoms. The molecule has 0 aromatic carbocycles. The summed E-state index contributed by atoms with van der Waals surface area (Å²) in [6, 6.07) is -0.474. The fourth-order valence-electron chi connectivity index (χ4n) is 2.73. The summed E-state index contributed by atoms with van der Waals surface area (Å²) in [4.78, 5) is 30.3. The van der Waals surface area contributed by atoms with E-state index in [2.05, 4.69) is 20.6 Å². The molecule has 0 radical (unpaired) electrons. The summed E-state index contributed by atoms with van der Waals surface area (Å²) in [7, 11) is 0. The number of carboxylic acids is 1. The van der Waals surface area contributed by atoms with Crippen molar-refractivity contribution in [3.63, 3.8) is 0 Å². The van der Waals surface area contributed by atoms with Crippen LogP contribution in [0.3, 0.4) is 0 Å². The average Bonchev–Trinajstić information content (AvgIpc) is 2.89. The van der Waals surface area contributed by atoms with Gasteiger partial charge >= 0.3 is 12.0 Å². The molecule has 7 nitrogen and oxygen atoms in total. The van der Waals surface area contributed by atoms with E-state index in [1.54, 1.807) is 12.4 Å². The molecule has 1 saturated carbocycles. The summed E-state index contributed by atoms with van der Waals surface area (Å²) in [6.07, 6.45) is 6.01. The number of carbonyl (C=O) groups excluding carboxylic acids is 1. The van der Waals surface area contributed by atoms with Crippen molar-refractivity contribution in [3.05, 3.63) is 18.2 Å². The smallest absolute Gasteiger partial charge is 0.329 e. The van der Waals surface area contributed by atoms with Crippen LogP contribution >= 0.6 is 0 Å². The van der Waals surface area contributed by atoms with Gasteiger partial charge in [0.1, 0.15) is 11.4 Å². The molecule has 1 heterocycles. The zero-order valence-corrected chi connectivity index (χ0v) is 11.5. The van der Waals surface area contributed by atoms with Crippen molar-refractivity contribution in [1.82, 2.24) is 20.6 Å². The number of hydrogen-bond donors (Lipinski definition) is 4. The van der Waals surface area contributed by atoms with Crippen molar-refractivity contribution in [3.8, 4) is 0 Å². The number of urea groups is 1. The van der Waals surface area contributed by atoms with Gasteiger partial charge in [-0.15, -0.1) is 0 Å². The maximum absolute atomic E-state index is 11.9. The normalized spacial score (nSPS) is 25.9. The molecular weight excluding hydrogens is 260 g/mol.